The van der Waals surface area contributed by atoms with Crippen LogP contribution in [0.1, 0.15) is 24.8 Å². The third kappa shape index (κ3) is 8.96. The van der Waals surface area contributed by atoms with Crippen LogP contribution in [0.4, 0.5) is 4.39 Å². The highest BCUT2D eigenvalue weighted by Crippen LogP contribution is 2.15. The number of guanidine groups is 1. The van der Waals surface area contributed by atoms with E-state index in [1.54, 1.807) is 19.2 Å². The lowest BCUT2D eigenvalue weighted by molar-refractivity contribution is 0.0203. The van der Waals surface area contributed by atoms with Gasteiger partial charge in [0.2, 0.25) is 0 Å². The normalized spacial score (nSPS) is 15.4. The molecule has 2 N–H and O–H groups in total. The summed E-state index contributed by atoms with van der Waals surface area (Å²) in [5.74, 6) is 1.06. The third-order valence-electron chi connectivity index (χ3n) is 4.13. The van der Waals surface area contributed by atoms with E-state index >= 15 is 0 Å². The van der Waals surface area contributed by atoms with Crippen LogP contribution in [0.5, 0.6) is 0 Å². The molecule has 0 atom stereocenters. The fraction of sp³-hybridized carbons (Fsp3) is 0.611. The van der Waals surface area contributed by atoms with Crippen LogP contribution < -0.4 is 10.6 Å². The molecule has 1 aromatic carbocycles. The van der Waals surface area contributed by atoms with Crippen LogP contribution in [0.3, 0.4) is 0 Å². The molecule has 2 rings (SSSR count). The number of nitrogens with one attached hydrogen (secondary N) is 2. The maximum atomic E-state index is 13.7. The second-order valence-electron chi connectivity index (χ2n) is 6.07. The van der Waals surface area contributed by atoms with Crippen molar-refractivity contribution >= 4 is 45.9 Å². The summed E-state index contributed by atoms with van der Waals surface area (Å²) < 4.78 is 25.7. The number of ether oxygens (including phenoxy) is 2. The Morgan fingerprint density at radius 2 is 2.12 bits per heavy atom. The van der Waals surface area contributed by atoms with Gasteiger partial charge in [0.15, 0.2) is 5.96 Å². The maximum absolute atomic E-state index is 13.7. The van der Waals surface area contributed by atoms with Crippen LogP contribution in [0.2, 0.25) is 0 Å². The van der Waals surface area contributed by atoms with Crippen LogP contribution in [0, 0.1) is 11.7 Å². The molecule has 148 valence electrons. The van der Waals surface area contributed by atoms with Crippen LogP contribution >= 0.6 is 39.9 Å². The van der Waals surface area contributed by atoms with Crippen molar-refractivity contribution in [3.8, 4) is 0 Å². The molecule has 1 aliphatic heterocycles. The van der Waals surface area contributed by atoms with Crippen LogP contribution in [0.25, 0.3) is 0 Å². The van der Waals surface area contributed by atoms with Gasteiger partial charge in [-0.2, -0.15) is 0 Å². The zero-order valence-corrected chi connectivity index (χ0v) is 19.0. The maximum Gasteiger partial charge on any atom is 0.191 e. The zero-order chi connectivity index (χ0) is 17.9. The molecule has 26 heavy (non-hydrogen) atoms. The second-order valence-corrected chi connectivity index (χ2v) is 6.99. The van der Waals surface area contributed by atoms with Gasteiger partial charge in [0.1, 0.15) is 5.82 Å². The number of halogens is 3. The Kier molecular flexibility index (Phi) is 12.4. The number of hydrogen-bond acceptors (Lipinski definition) is 3. The van der Waals surface area contributed by atoms with Gasteiger partial charge in [-0.3, -0.25) is 4.99 Å². The Morgan fingerprint density at radius 1 is 1.35 bits per heavy atom. The van der Waals surface area contributed by atoms with Gasteiger partial charge in [0, 0.05) is 56.6 Å². The first-order chi connectivity index (χ1) is 12.2. The topological polar surface area (TPSA) is 54.9 Å². The molecule has 0 radical (unpaired) electrons. The highest BCUT2D eigenvalue weighted by atomic mass is 127. The minimum atomic E-state index is -0.229. The summed E-state index contributed by atoms with van der Waals surface area (Å²) in [6.07, 6.45) is 3.09. The summed E-state index contributed by atoms with van der Waals surface area (Å²) in [6, 6.07) is 4.90. The van der Waals surface area contributed by atoms with Gasteiger partial charge in [0.05, 0.1) is 0 Å². The van der Waals surface area contributed by atoms with Crippen LogP contribution in [-0.2, 0) is 16.0 Å². The number of hydrogen-bond donors (Lipinski definition) is 2. The van der Waals surface area contributed by atoms with Gasteiger partial charge in [-0.1, -0.05) is 15.9 Å². The summed E-state index contributed by atoms with van der Waals surface area (Å²) in [6.45, 7) is 4.39. The van der Waals surface area contributed by atoms with Crippen molar-refractivity contribution in [1.29, 1.82) is 0 Å². The lowest BCUT2D eigenvalue weighted by Gasteiger charge is -2.21. The average molecular weight is 544 g/mol. The quantitative estimate of drug-likeness (QED) is 0.227. The molecule has 0 bridgehead atoms. The molecule has 0 aliphatic carbocycles. The lowest BCUT2D eigenvalue weighted by Crippen LogP contribution is -2.37. The van der Waals surface area contributed by atoms with E-state index < -0.39 is 0 Å². The molecule has 8 heteroatoms. The third-order valence-corrected chi connectivity index (χ3v) is 4.62. The van der Waals surface area contributed by atoms with Crippen LogP contribution in [0.15, 0.2) is 27.7 Å². The Hall–Kier alpha value is -0.450. The van der Waals surface area contributed by atoms with Crippen molar-refractivity contribution in [1.82, 2.24) is 10.6 Å². The molecule has 0 aromatic heterocycles. The molecule has 1 aromatic rings. The first-order valence-electron chi connectivity index (χ1n) is 8.73. The molecule has 1 saturated heterocycles. The molecule has 0 amide bonds. The van der Waals surface area contributed by atoms with E-state index in [1.807, 2.05) is 0 Å². The predicted octanol–water partition coefficient (Wildman–Crippen LogP) is 3.70. The Bertz CT molecular complexity index is 557. The molecule has 1 fully saturated rings. The summed E-state index contributed by atoms with van der Waals surface area (Å²) in [5, 5.41) is 6.34. The molecule has 5 nitrogen and oxygen atoms in total. The number of rotatable bonds is 8. The summed E-state index contributed by atoms with van der Waals surface area (Å²) in [5.41, 5.74) is 0.595. The second kappa shape index (κ2) is 13.7. The highest BCUT2D eigenvalue weighted by Gasteiger charge is 2.13. The van der Waals surface area contributed by atoms with E-state index in [0.717, 1.165) is 56.7 Å². The van der Waals surface area contributed by atoms with Gasteiger partial charge in [-0.15, -0.1) is 24.0 Å². The largest absolute Gasteiger partial charge is 0.381 e. The fourth-order valence-electron chi connectivity index (χ4n) is 2.62. The van der Waals surface area contributed by atoms with Gasteiger partial charge in [0.25, 0.3) is 0 Å². The first kappa shape index (κ1) is 23.6. The number of nitrogens with zero attached hydrogens (tertiary/aromatic N) is 1. The predicted molar refractivity (Wildman–Crippen MR) is 117 cm³/mol. The molecule has 0 unspecified atom stereocenters. The van der Waals surface area contributed by atoms with Crippen molar-refractivity contribution in [2.75, 3.05) is 40.0 Å². The van der Waals surface area contributed by atoms with Crippen molar-refractivity contribution in [3.63, 3.8) is 0 Å². The monoisotopic (exact) mass is 543 g/mol. The number of aliphatic imine (C=N–C) groups is 1. The van der Waals surface area contributed by atoms with Crippen molar-refractivity contribution in [2.45, 2.75) is 25.8 Å². The van der Waals surface area contributed by atoms with Gasteiger partial charge in [-0.25, -0.2) is 4.39 Å². The van der Waals surface area contributed by atoms with Gasteiger partial charge >= 0.3 is 0 Å². The summed E-state index contributed by atoms with van der Waals surface area (Å²) in [4.78, 5) is 4.15. The highest BCUT2D eigenvalue weighted by molar-refractivity contribution is 14.0. The van der Waals surface area contributed by atoms with E-state index in [0.29, 0.717) is 24.0 Å². The lowest BCUT2D eigenvalue weighted by atomic mass is 10.0. The standard InChI is InChI=1S/C18H27BrFN3O2.HI/c1-21-18(23-12-15-11-16(19)3-4-17(15)20)22-7-2-8-25-13-14-5-9-24-10-6-14;/h3-4,11,14H,2,5-10,12-13H2,1H3,(H2,21,22,23);1H. The summed E-state index contributed by atoms with van der Waals surface area (Å²) >= 11 is 3.35. The van der Waals surface area contributed by atoms with E-state index in [9.17, 15) is 4.39 Å². The van der Waals surface area contributed by atoms with Crippen molar-refractivity contribution in [2.24, 2.45) is 10.9 Å². The van der Waals surface area contributed by atoms with Crippen LogP contribution in [-0.4, -0.2) is 46.0 Å². The average Bonchev–Trinajstić information content (AvgIpc) is 2.64. The SMILES string of the molecule is CN=C(NCCCOCC1CCOCC1)NCc1cc(Br)ccc1F.I. The first-order valence-corrected chi connectivity index (χ1v) is 9.52. The molecule has 1 aliphatic rings. The number of benzene rings is 1. The Morgan fingerprint density at radius 3 is 2.85 bits per heavy atom. The fourth-order valence-corrected chi connectivity index (χ4v) is 3.03. The van der Waals surface area contributed by atoms with E-state index in [2.05, 4.69) is 31.6 Å². The molecule has 0 spiro atoms. The minimum absolute atomic E-state index is 0. The van der Waals surface area contributed by atoms with Gasteiger partial charge in [-0.05, 0) is 43.4 Å². The van der Waals surface area contributed by atoms with Gasteiger partial charge < -0.3 is 20.1 Å². The minimum Gasteiger partial charge on any atom is -0.381 e. The Labute approximate surface area is 180 Å². The van der Waals surface area contributed by atoms with E-state index in [1.165, 1.54) is 6.07 Å². The Balaban J connectivity index is 0.00000338. The van der Waals surface area contributed by atoms with Crippen molar-refractivity contribution < 1.29 is 13.9 Å². The van der Waals surface area contributed by atoms with E-state index in [-0.39, 0.29) is 29.8 Å². The summed E-state index contributed by atoms with van der Waals surface area (Å²) in [7, 11) is 1.70. The van der Waals surface area contributed by atoms with E-state index in [4.69, 9.17) is 9.47 Å². The molecule has 0 saturated carbocycles. The molecular formula is C18H28BrFIN3O2. The zero-order valence-electron chi connectivity index (χ0n) is 15.1. The molecular weight excluding hydrogens is 516 g/mol. The van der Waals surface area contributed by atoms with Crippen molar-refractivity contribution in [3.05, 3.63) is 34.1 Å². The molecule has 1 heterocycles. The smallest absolute Gasteiger partial charge is 0.191 e.